The van der Waals surface area contributed by atoms with Crippen LogP contribution in [0.2, 0.25) is 0 Å². The van der Waals surface area contributed by atoms with E-state index in [2.05, 4.69) is 21.2 Å². The molecular weight excluding hydrogens is 448 g/mol. The quantitative estimate of drug-likeness (QED) is 0.391. The molecule has 1 aliphatic heterocycles. The van der Waals surface area contributed by atoms with E-state index >= 15 is 0 Å². The summed E-state index contributed by atoms with van der Waals surface area (Å²) in [6.45, 7) is 0.180. The number of aromatic hydroxyl groups is 1. The van der Waals surface area contributed by atoms with Gasteiger partial charge in [-0.15, -0.1) is 0 Å². The molecule has 0 saturated carbocycles. The molecule has 1 heterocycles. The van der Waals surface area contributed by atoms with Gasteiger partial charge < -0.3 is 10.4 Å². The summed E-state index contributed by atoms with van der Waals surface area (Å²) in [6, 6.07) is 14.1. The Morgan fingerprint density at radius 3 is 2.78 bits per heavy atom. The molecule has 1 fully saturated rings. The van der Waals surface area contributed by atoms with Crippen LogP contribution in [0.1, 0.15) is 12.0 Å². The predicted molar refractivity (Wildman–Crippen MR) is 115 cm³/mol. The van der Waals surface area contributed by atoms with E-state index in [0.717, 1.165) is 10.0 Å². The first kappa shape index (κ1) is 19.6. The molecule has 0 spiro atoms. The average molecular weight is 463 g/mol. The average Bonchev–Trinajstić information content (AvgIpc) is 2.88. The van der Waals surface area contributed by atoms with E-state index in [9.17, 15) is 14.7 Å². The number of hydrogen-bond donors (Lipinski definition) is 2. The first-order valence-corrected chi connectivity index (χ1v) is 10.0. The number of carbonyl (C=O) groups excluding carboxylic acids is 2. The molecule has 2 aromatic carbocycles. The summed E-state index contributed by atoms with van der Waals surface area (Å²) in [5, 5.41) is 12.3. The molecule has 1 aliphatic rings. The van der Waals surface area contributed by atoms with Crippen molar-refractivity contribution in [2.75, 3.05) is 11.9 Å². The highest BCUT2D eigenvalue weighted by atomic mass is 79.9. The van der Waals surface area contributed by atoms with Crippen LogP contribution in [-0.2, 0) is 9.59 Å². The number of phenols is 1. The number of benzene rings is 2. The summed E-state index contributed by atoms with van der Waals surface area (Å²) in [5.41, 5.74) is 1.23. The van der Waals surface area contributed by atoms with Gasteiger partial charge in [-0.25, -0.2) is 0 Å². The molecule has 27 heavy (non-hydrogen) atoms. The van der Waals surface area contributed by atoms with Crippen LogP contribution in [0.25, 0.3) is 6.08 Å². The van der Waals surface area contributed by atoms with E-state index in [4.69, 9.17) is 12.2 Å². The zero-order valence-corrected chi connectivity index (χ0v) is 17.2. The summed E-state index contributed by atoms with van der Waals surface area (Å²) in [7, 11) is 0. The number of carbonyl (C=O) groups is 2. The number of nitrogens with one attached hydrogen (secondary N) is 1. The number of amides is 2. The van der Waals surface area contributed by atoms with E-state index in [1.54, 1.807) is 24.3 Å². The van der Waals surface area contributed by atoms with E-state index in [0.29, 0.717) is 14.9 Å². The number of thiocarbonyl (C=S) groups is 1. The largest absolute Gasteiger partial charge is 0.506 e. The smallest absolute Gasteiger partial charge is 0.266 e. The molecule has 138 valence electrons. The van der Waals surface area contributed by atoms with E-state index in [1.165, 1.54) is 22.7 Å². The van der Waals surface area contributed by atoms with Crippen LogP contribution in [0, 0.1) is 0 Å². The van der Waals surface area contributed by atoms with Crippen LogP contribution in [0.5, 0.6) is 5.75 Å². The fourth-order valence-electron chi connectivity index (χ4n) is 2.45. The lowest BCUT2D eigenvalue weighted by atomic mass is 10.2. The minimum Gasteiger partial charge on any atom is -0.506 e. The molecule has 1 saturated heterocycles. The summed E-state index contributed by atoms with van der Waals surface area (Å²) >= 11 is 9.91. The number of rotatable bonds is 5. The Kier molecular flexibility index (Phi) is 6.30. The van der Waals surface area contributed by atoms with E-state index in [1.807, 2.05) is 24.3 Å². The van der Waals surface area contributed by atoms with Crippen molar-refractivity contribution < 1.29 is 14.7 Å². The van der Waals surface area contributed by atoms with Gasteiger partial charge in [-0.3, -0.25) is 14.5 Å². The van der Waals surface area contributed by atoms with Gasteiger partial charge in [-0.2, -0.15) is 0 Å². The Morgan fingerprint density at radius 2 is 2.04 bits per heavy atom. The van der Waals surface area contributed by atoms with Gasteiger partial charge in [0, 0.05) is 17.4 Å². The second kappa shape index (κ2) is 8.69. The molecule has 2 amide bonds. The Hall–Kier alpha value is -2.16. The number of hydrogen-bond acceptors (Lipinski definition) is 5. The topological polar surface area (TPSA) is 69.6 Å². The van der Waals surface area contributed by atoms with Crippen molar-refractivity contribution in [2.24, 2.45) is 0 Å². The lowest BCUT2D eigenvalue weighted by molar-refractivity contribution is -0.122. The van der Waals surface area contributed by atoms with Crippen molar-refractivity contribution in [3.63, 3.8) is 0 Å². The lowest BCUT2D eigenvalue weighted by Crippen LogP contribution is -2.31. The highest BCUT2D eigenvalue weighted by molar-refractivity contribution is 9.10. The zero-order chi connectivity index (χ0) is 19.4. The maximum absolute atomic E-state index is 12.6. The van der Waals surface area contributed by atoms with Crippen molar-refractivity contribution >= 4 is 67.8 Å². The standard InChI is InChI=1S/C19H15BrN2O3S2/c20-13-5-3-4-12(10-13)11-16-18(25)22(19(26)27-16)9-8-17(24)21-14-6-1-2-7-15(14)23/h1-7,10-11,23H,8-9H2,(H,21,24)/b16-11+. The molecule has 0 aromatic heterocycles. The minimum atomic E-state index is -0.304. The summed E-state index contributed by atoms with van der Waals surface area (Å²) in [5.74, 6) is -0.518. The molecule has 0 unspecified atom stereocenters. The monoisotopic (exact) mass is 462 g/mol. The van der Waals surface area contributed by atoms with Crippen molar-refractivity contribution in [2.45, 2.75) is 6.42 Å². The summed E-state index contributed by atoms with van der Waals surface area (Å²) in [6.07, 6.45) is 1.86. The zero-order valence-electron chi connectivity index (χ0n) is 14.0. The van der Waals surface area contributed by atoms with E-state index in [-0.39, 0.29) is 30.5 Å². The molecule has 0 radical (unpaired) electrons. The van der Waals surface area contributed by atoms with Gasteiger partial charge in [0.2, 0.25) is 5.91 Å². The summed E-state index contributed by atoms with van der Waals surface area (Å²) in [4.78, 5) is 26.7. The third-order valence-electron chi connectivity index (χ3n) is 3.76. The molecule has 0 bridgehead atoms. The molecule has 2 N–H and O–H groups in total. The van der Waals surface area contributed by atoms with Crippen molar-refractivity contribution in [1.29, 1.82) is 0 Å². The van der Waals surface area contributed by atoms with Crippen LogP contribution >= 0.6 is 39.9 Å². The Balaban J connectivity index is 1.62. The molecule has 3 rings (SSSR count). The first-order valence-electron chi connectivity index (χ1n) is 8.03. The Labute approximate surface area is 174 Å². The van der Waals surface area contributed by atoms with Gasteiger partial charge in [0.1, 0.15) is 10.1 Å². The van der Waals surface area contributed by atoms with Gasteiger partial charge in [-0.1, -0.05) is 64.2 Å². The fraction of sp³-hybridized carbons (Fsp3) is 0.105. The number of anilines is 1. The van der Waals surface area contributed by atoms with Crippen LogP contribution < -0.4 is 5.32 Å². The van der Waals surface area contributed by atoms with Crippen LogP contribution in [0.15, 0.2) is 57.9 Å². The number of phenolic OH excluding ortho intramolecular Hbond substituents is 1. The SMILES string of the molecule is O=C(CCN1C(=O)/C(=C\c2cccc(Br)c2)SC1=S)Nc1ccccc1O. The van der Waals surface area contributed by atoms with Crippen molar-refractivity contribution in [1.82, 2.24) is 4.90 Å². The number of thioether (sulfide) groups is 1. The second-order valence-electron chi connectivity index (χ2n) is 5.70. The maximum atomic E-state index is 12.6. The summed E-state index contributed by atoms with van der Waals surface area (Å²) < 4.78 is 1.35. The normalized spacial score (nSPS) is 15.4. The Bertz CT molecular complexity index is 946. The van der Waals surface area contributed by atoms with Crippen molar-refractivity contribution in [3.8, 4) is 5.75 Å². The number of para-hydroxylation sites is 2. The first-order chi connectivity index (χ1) is 12.9. The minimum absolute atomic E-state index is 0.00610. The molecule has 5 nitrogen and oxygen atoms in total. The second-order valence-corrected chi connectivity index (χ2v) is 8.30. The molecule has 0 atom stereocenters. The fourth-order valence-corrected chi connectivity index (χ4v) is 4.17. The van der Waals surface area contributed by atoms with Crippen LogP contribution in [0.3, 0.4) is 0 Å². The van der Waals surface area contributed by atoms with Crippen molar-refractivity contribution in [3.05, 3.63) is 63.5 Å². The highest BCUT2D eigenvalue weighted by Gasteiger charge is 2.32. The van der Waals surface area contributed by atoms with Gasteiger partial charge in [0.25, 0.3) is 5.91 Å². The maximum Gasteiger partial charge on any atom is 0.266 e. The lowest BCUT2D eigenvalue weighted by Gasteiger charge is -2.14. The molecule has 8 heteroatoms. The Morgan fingerprint density at radius 1 is 1.26 bits per heavy atom. The third-order valence-corrected chi connectivity index (χ3v) is 5.63. The predicted octanol–water partition coefficient (Wildman–Crippen LogP) is 4.38. The highest BCUT2D eigenvalue weighted by Crippen LogP contribution is 2.33. The third kappa shape index (κ3) is 4.97. The van der Waals surface area contributed by atoms with Gasteiger partial charge in [0.05, 0.1) is 10.6 Å². The van der Waals surface area contributed by atoms with Crippen LogP contribution in [0.4, 0.5) is 5.69 Å². The van der Waals surface area contributed by atoms with Gasteiger partial charge >= 0.3 is 0 Å². The van der Waals surface area contributed by atoms with Gasteiger partial charge in [0.15, 0.2) is 0 Å². The van der Waals surface area contributed by atoms with Crippen LogP contribution in [-0.4, -0.2) is 32.7 Å². The van der Waals surface area contributed by atoms with Gasteiger partial charge in [-0.05, 0) is 35.9 Å². The number of nitrogens with zero attached hydrogens (tertiary/aromatic N) is 1. The molecule has 0 aliphatic carbocycles. The number of halogens is 1. The molecule has 2 aromatic rings. The van der Waals surface area contributed by atoms with E-state index < -0.39 is 0 Å². The molecular formula is C19H15BrN2O3S2.